The first-order chi connectivity index (χ1) is 10.0. The van der Waals surface area contributed by atoms with Gasteiger partial charge in [-0.3, -0.25) is 4.79 Å². The topological polar surface area (TPSA) is 88.5 Å². The largest absolute Gasteiger partial charge is 0.480 e. The highest BCUT2D eigenvalue weighted by Gasteiger charge is 2.17. The number of hydrogen-bond acceptors (Lipinski definition) is 4. The van der Waals surface area contributed by atoms with Gasteiger partial charge in [-0.1, -0.05) is 0 Å². The van der Waals surface area contributed by atoms with E-state index in [2.05, 4.69) is 10.3 Å². The minimum atomic E-state index is -1.27. The van der Waals surface area contributed by atoms with E-state index >= 15 is 0 Å². The smallest absolute Gasteiger partial charge is 0.337 e. The summed E-state index contributed by atoms with van der Waals surface area (Å²) in [5.41, 5.74) is -0.244. The summed E-state index contributed by atoms with van der Waals surface area (Å²) in [4.78, 5) is 27.1. The van der Waals surface area contributed by atoms with Crippen LogP contribution in [0.1, 0.15) is 20.7 Å². The predicted octanol–water partition coefficient (Wildman–Crippen LogP) is 2.18. The maximum Gasteiger partial charge on any atom is 0.337 e. The van der Waals surface area contributed by atoms with Crippen LogP contribution in [-0.2, 0) is 0 Å². The van der Waals surface area contributed by atoms with E-state index < -0.39 is 17.7 Å². The Balaban J connectivity index is 2.36. The fourth-order valence-corrected chi connectivity index (χ4v) is 1.72. The molecule has 1 heterocycles. The molecule has 0 spiro atoms. The van der Waals surface area contributed by atoms with Crippen molar-refractivity contribution >= 4 is 17.6 Å². The van der Waals surface area contributed by atoms with Crippen molar-refractivity contribution in [3.63, 3.8) is 0 Å². The Labute approximate surface area is 119 Å². The zero-order chi connectivity index (χ0) is 15.4. The normalized spacial score (nSPS) is 10.0. The Morgan fingerprint density at radius 1 is 1.29 bits per heavy atom. The molecule has 0 atom stereocenters. The average molecular weight is 290 g/mol. The van der Waals surface area contributed by atoms with Gasteiger partial charge in [-0.05, 0) is 30.3 Å². The van der Waals surface area contributed by atoms with E-state index in [0.717, 1.165) is 18.2 Å². The third-order valence-electron chi connectivity index (χ3n) is 2.67. The van der Waals surface area contributed by atoms with Crippen molar-refractivity contribution in [2.75, 3.05) is 12.4 Å². The van der Waals surface area contributed by atoms with Crippen LogP contribution in [0.5, 0.6) is 5.88 Å². The van der Waals surface area contributed by atoms with Crippen molar-refractivity contribution in [2.24, 2.45) is 0 Å². The molecule has 7 heteroatoms. The number of carboxylic acids is 1. The SMILES string of the molecule is COc1ncccc1C(=O)Nc1cc(F)ccc1C(=O)O. The Bertz CT molecular complexity index is 703. The van der Waals surface area contributed by atoms with Gasteiger partial charge in [0.2, 0.25) is 5.88 Å². The molecule has 108 valence electrons. The number of nitrogens with one attached hydrogen (secondary N) is 1. The van der Waals surface area contributed by atoms with Crippen LogP contribution in [0.25, 0.3) is 0 Å². The first-order valence-corrected chi connectivity index (χ1v) is 5.86. The minimum absolute atomic E-state index is 0.0864. The number of rotatable bonds is 4. The summed E-state index contributed by atoms with van der Waals surface area (Å²) >= 11 is 0. The number of aromatic nitrogens is 1. The molecule has 1 aromatic carbocycles. The lowest BCUT2D eigenvalue weighted by atomic mass is 10.1. The van der Waals surface area contributed by atoms with Crippen molar-refractivity contribution in [3.05, 3.63) is 53.5 Å². The number of carbonyl (C=O) groups is 2. The molecule has 1 amide bonds. The number of halogens is 1. The molecule has 0 unspecified atom stereocenters. The van der Waals surface area contributed by atoms with Crippen LogP contribution in [0.2, 0.25) is 0 Å². The average Bonchev–Trinajstić information content (AvgIpc) is 2.46. The molecule has 0 fully saturated rings. The quantitative estimate of drug-likeness (QED) is 0.901. The third-order valence-corrected chi connectivity index (χ3v) is 2.67. The molecule has 0 saturated heterocycles. The van der Waals surface area contributed by atoms with Crippen molar-refractivity contribution in [1.82, 2.24) is 4.98 Å². The number of nitrogens with zero attached hydrogens (tertiary/aromatic N) is 1. The van der Waals surface area contributed by atoms with Gasteiger partial charge in [0, 0.05) is 6.20 Å². The minimum Gasteiger partial charge on any atom is -0.480 e. The summed E-state index contributed by atoms with van der Waals surface area (Å²) in [6, 6.07) is 6.00. The highest BCUT2D eigenvalue weighted by Crippen LogP contribution is 2.20. The molecule has 1 aromatic heterocycles. The number of pyridine rings is 1. The van der Waals surface area contributed by atoms with E-state index in [4.69, 9.17) is 9.84 Å². The molecule has 0 radical (unpaired) electrons. The first kappa shape index (κ1) is 14.4. The van der Waals surface area contributed by atoms with E-state index in [9.17, 15) is 14.0 Å². The summed E-state index contributed by atoms with van der Waals surface area (Å²) in [7, 11) is 1.35. The van der Waals surface area contributed by atoms with E-state index in [1.54, 1.807) is 0 Å². The standard InChI is InChI=1S/C14H11FN2O4/c1-21-13-10(3-2-6-16-13)12(18)17-11-7-8(15)4-5-9(11)14(19)20/h2-7H,1H3,(H,17,18)(H,19,20). The number of hydrogen-bond donors (Lipinski definition) is 2. The van der Waals surface area contributed by atoms with Crippen LogP contribution in [0.15, 0.2) is 36.5 Å². The second-order valence-electron chi connectivity index (χ2n) is 4.01. The number of carbonyl (C=O) groups excluding carboxylic acids is 1. The zero-order valence-corrected chi connectivity index (χ0v) is 11.0. The third kappa shape index (κ3) is 3.14. The van der Waals surface area contributed by atoms with Crippen molar-refractivity contribution in [3.8, 4) is 5.88 Å². The number of anilines is 1. The summed E-state index contributed by atoms with van der Waals surface area (Å²) < 4.78 is 18.2. The molecule has 2 N–H and O–H groups in total. The van der Waals surface area contributed by atoms with Crippen LogP contribution < -0.4 is 10.1 Å². The molecule has 2 aromatic rings. The van der Waals surface area contributed by atoms with E-state index in [0.29, 0.717) is 0 Å². The van der Waals surface area contributed by atoms with Crippen LogP contribution >= 0.6 is 0 Å². The predicted molar refractivity (Wildman–Crippen MR) is 72.1 cm³/mol. The Kier molecular flexibility index (Phi) is 4.13. The molecule has 0 aliphatic rings. The van der Waals surface area contributed by atoms with Crippen molar-refractivity contribution in [1.29, 1.82) is 0 Å². The lowest BCUT2D eigenvalue weighted by Gasteiger charge is -2.10. The Hall–Kier alpha value is -2.96. The van der Waals surface area contributed by atoms with Gasteiger partial charge in [0.15, 0.2) is 0 Å². The maximum atomic E-state index is 13.2. The van der Waals surface area contributed by atoms with Crippen LogP contribution in [0, 0.1) is 5.82 Å². The fraction of sp³-hybridized carbons (Fsp3) is 0.0714. The summed E-state index contributed by atoms with van der Waals surface area (Å²) in [6.07, 6.45) is 1.44. The van der Waals surface area contributed by atoms with Gasteiger partial charge in [-0.15, -0.1) is 0 Å². The molecule has 6 nitrogen and oxygen atoms in total. The van der Waals surface area contributed by atoms with Crippen LogP contribution in [-0.4, -0.2) is 29.1 Å². The molecule has 0 aliphatic heterocycles. The number of ether oxygens (including phenoxy) is 1. The fourth-order valence-electron chi connectivity index (χ4n) is 1.72. The number of carboxylic acid groups (broad SMARTS) is 1. The van der Waals surface area contributed by atoms with E-state index in [-0.39, 0.29) is 22.7 Å². The Morgan fingerprint density at radius 2 is 2.05 bits per heavy atom. The van der Waals surface area contributed by atoms with E-state index in [1.807, 2.05) is 0 Å². The lowest BCUT2D eigenvalue weighted by molar-refractivity contribution is 0.0698. The zero-order valence-electron chi connectivity index (χ0n) is 11.0. The highest BCUT2D eigenvalue weighted by atomic mass is 19.1. The highest BCUT2D eigenvalue weighted by molar-refractivity contribution is 6.08. The molecule has 0 bridgehead atoms. The molecular weight excluding hydrogens is 279 g/mol. The van der Waals surface area contributed by atoms with Gasteiger partial charge in [-0.2, -0.15) is 0 Å². The second kappa shape index (κ2) is 6.00. The van der Waals surface area contributed by atoms with Gasteiger partial charge in [-0.25, -0.2) is 14.2 Å². The molecule has 0 saturated carbocycles. The van der Waals surface area contributed by atoms with Gasteiger partial charge < -0.3 is 15.2 Å². The first-order valence-electron chi connectivity index (χ1n) is 5.86. The van der Waals surface area contributed by atoms with E-state index in [1.165, 1.54) is 25.4 Å². The maximum absolute atomic E-state index is 13.2. The van der Waals surface area contributed by atoms with Gasteiger partial charge in [0.25, 0.3) is 5.91 Å². The van der Waals surface area contributed by atoms with Crippen molar-refractivity contribution in [2.45, 2.75) is 0 Å². The molecule has 2 rings (SSSR count). The lowest BCUT2D eigenvalue weighted by Crippen LogP contribution is -2.16. The molecular formula is C14H11FN2O4. The summed E-state index contributed by atoms with van der Waals surface area (Å²) in [6.45, 7) is 0. The summed E-state index contributed by atoms with van der Waals surface area (Å²) in [5.74, 6) is -2.49. The number of aromatic carboxylic acids is 1. The second-order valence-corrected chi connectivity index (χ2v) is 4.01. The van der Waals surface area contributed by atoms with Gasteiger partial charge in [0.05, 0.1) is 18.4 Å². The number of methoxy groups -OCH3 is 1. The van der Waals surface area contributed by atoms with Crippen LogP contribution in [0.4, 0.5) is 10.1 Å². The van der Waals surface area contributed by atoms with Gasteiger partial charge in [0.1, 0.15) is 11.4 Å². The monoisotopic (exact) mass is 290 g/mol. The number of amides is 1. The van der Waals surface area contributed by atoms with Crippen LogP contribution in [0.3, 0.4) is 0 Å². The number of benzene rings is 1. The molecule has 0 aliphatic carbocycles. The van der Waals surface area contributed by atoms with Gasteiger partial charge >= 0.3 is 5.97 Å². The summed E-state index contributed by atoms with van der Waals surface area (Å²) in [5, 5.41) is 11.4. The Morgan fingerprint density at radius 3 is 2.71 bits per heavy atom. The van der Waals surface area contributed by atoms with Crippen molar-refractivity contribution < 1.29 is 23.8 Å². The molecule has 21 heavy (non-hydrogen) atoms.